The molecule has 3 rings (SSSR count). The third kappa shape index (κ3) is 4.45. The van der Waals surface area contributed by atoms with Crippen molar-refractivity contribution in [3.63, 3.8) is 0 Å². The van der Waals surface area contributed by atoms with Gasteiger partial charge in [-0.3, -0.25) is 9.36 Å². The van der Waals surface area contributed by atoms with Gasteiger partial charge in [0.1, 0.15) is 11.3 Å². The van der Waals surface area contributed by atoms with Gasteiger partial charge in [-0.25, -0.2) is 4.98 Å². The second-order valence-corrected chi connectivity index (χ2v) is 8.09. The fraction of sp³-hybridized carbons (Fsp3) is 0.450. The number of carbonyl (C=O) groups is 1. The van der Waals surface area contributed by atoms with Crippen molar-refractivity contribution >= 4 is 17.7 Å². The normalized spacial score (nSPS) is 16.9. The zero-order chi connectivity index (χ0) is 19.3. The van der Waals surface area contributed by atoms with E-state index < -0.39 is 5.54 Å². The van der Waals surface area contributed by atoms with E-state index in [1.807, 2.05) is 42.0 Å². The summed E-state index contributed by atoms with van der Waals surface area (Å²) in [5.74, 6) is 0.669. The Balaban J connectivity index is 1.69. The lowest BCUT2D eigenvalue weighted by Crippen LogP contribution is -2.50. The van der Waals surface area contributed by atoms with E-state index in [9.17, 15) is 10.1 Å². The van der Waals surface area contributed by atoms with E-state index in [1.54, 1.807) is 13.3 Å². The zero-order valence-electron chi connectivity index (χ0n) is 15.6. The smallest absolute Gasteiger partial charge is 0.234 e. The van der Waals surface area contributed by atoms with Gasteiger partial charge >= 0.3 is 0 Å². The van der Waals surface area contributed by atoms with Crippen LogP contribution in [0.3, 0.4) is 0 Å². The number of hydrogen-bond acceptors (Lipinski definition) is 5. The topological polar surface area (TPSA) is 79.9 Å². The van der Waals surface area contributed by atoms with Gasteiger partial charge in [-0.2, -0.15) is 5.26 Å². The molecular formula is C20H24N4O2S. The number of aromatic nitrogens is 2. The summed E-state index contributed by atoms with van der Waals surface area (Å²) in [4.78, 5) is 17.1. The van der Waals surface area contributed by atoms with Crippen molar-refractivity contribution in [1.82, 2.24) is 14.9 Å². The van der Waals surface area contributed by atoms with E-state index in [-0.39, 0.29) is 11.2 Å². The number of thioether (sulfide) groups is 1. The van der Waals surface area contributed by atoms with Crippen LogP contribution >= 0.6 is 11.8 Å². The van der Waals surface area contributed by atoms with E-state index in [4.69, 9.17) is 4.74 Å². The number of carbonyl (C=O) groups excluding carboxylic acids is 1. The summed E-state index contributed by atoms with van der Waals surface area (Å²) in [6.07, 6.45) is 8.14. The van der Waals surface area contributed by atoms with Crippen molar-refractivity contribution in [3.8, 4) is 17.5 Å². The van der Waals surface area contributed by atoms with Crippen LogP contribution in [-0.2, 0) is 4.79 Å². The number of nitrogens with one attached hydrogen (secondary N) is 1. The van der Waals surface area contributed by atoms with Gasteiger partial charge in [-0.1, -0.05) is 31.0 Å². The molecule has 142 valence electrons. The Morgan fingerprint density at radius 2 is 2.04 bits per heavy atom. The van der Waals surface area contributed by atoms with Crippen LogP contribution < -0.4 is 10.1 Å². The van der Waals surface area contributed by atoms with Gasteiger partial charge in [-0.05, 0) is 44.0 Å². The number of hydrogen-bond donors (Lipinski definition) is 1. The van der Waals surface area contributed by atoms with Crippen LogP contribution in [-0.4, -0.2) is 33.4 Å². The Kier molecular flexibility index (Phi) is 6.07. The van der Waals surface area contributed by atoms with E-state index in [1.165, 1.54) is 11.8 Å². The highest BCUT2D eigenvalue weighted by Crippen LogP contribution is 2.30. The first-order valence-corrected chi connectivity index (χ1v) is 10.0. The molecular weight excluding hydrogens is 360 g/mol. The van der Waals surface area contributed by atoms with Gasteiger partial charge < -0.3 is 10.1 Å². The molecule has 1 aromatic carbocycles. The summed E-state index contributed by atoms with van der Waals surface area (Å²) in [6.45, 7) is 1.85. The minimum absolute atomic E-state index is 0.118. The molecule has 1 atom stereocenters. The highest BCUT2D eigenvalue weighted by molar-refractivity contribution is 8.00. The molecule has 0 bridgehead atoms. The van der Waals surface area contributed by atoms with E-state index in [0.717, 1.165) is 48.7 Å². The maximum atomic E-state index is 12.7. The van der Waals surface area contributed by atoms with E-state index >= 15 is 0 Å². The van der Waals surface area contributed by atoms with Crippen molar-refractivity contribution in [1.29, 1.82) is 5.26 Å². The molecule has 0 aliphatic heterocycles. The number of ether oxygens (including phenoxy) is 1. The fourth-order valence-corrected chi connectivity index (χ4v) is 4.17. The lowest BCUT2D eigenvalue weighted by atomic mass is 9.83. The van der Waals surface area contributed by atoms with Gasteiger partial charge in [-0.15, -0.1) is 0 Å². The average Bonchev–Trinajstić information content (AvgIpc) is 3.16. The lowest BCUT2D eigenvalue weighted by molar-refractivity contribution is -0.121. The number of nitriles is 1. The maximum absolute atomic E-state index is 12.7. The maximum Gasteiger partial charge on any atom is 0.234 e. The molecule has 0 saturated heterocycles. The molecule has 27 heavy (non-hydrogen) atoms. The average molecular weight is 385 g/mol. The largest absolute Gasteiger partial charge is 0.497 e. The zero-order valence-corrected chi connectivity index (χ0v) is 16.5. The van der Waals surface area contributed by atoms with Crippen molar-refractivity contribution in [3.05, 3.63) is 36.7 Å². The molecule has 6 nitrogen and oxygen atoms in total. The third-order valence-electron chi connectivity index (χ3n) is 4.89. The summed E-state index contributed by atoms with van der Waals surface area (Å²) in [6, 6.07) is 10.0. The first kappa shape index (κ1) is 19.3. The molecule has 7 heteroatoms. The van der Waals surface area contributed by atoms with Crippen molar-refractivity contribution in [2.75, 3.05) is 7.11 Å². The van der Waals surface area contributed by atoms with Gasteiger partial charge in [0.2, 0.25) is 5.91 Å². The van der Waals surface area contributed by atoms with Gasteiger partial charge in [0, 0.05) is 18.1 Å². The van der Waals surface area contributed by atoms with Gasteiger partial charge in [0.25, 0.3) is 0 Å². The highest BCUT2D eigenvalue weighted by Gasteiger charge is 2.35. The van der Waals surface area contributed by atoms with Crippen LogP contribution in [0.25, 0.3) is 5.69 Å². The Morgan fingerprint density at radius 3 is 2.67 bits per heavy atom. The Morgan fingerprint density at radius 1 is 1.33 bits per heavy atom. The van der Waals surface area contributed by atoms with Gasteiger partial charge in [0.15, 0.2) is 5.16 Å². The van der Waals surface area contributed by atoms with Crippen molar-refractivity contribution in [2.24, 2.45) is 0 Å². The number of benzene rings is 1. The highest BCUT2D eigenvalue weighted by atomic mass is 32.2. The quantitative estimate of drug-likeness (QED) is 0.768. The molecule has 2 aromatic rings. The van der Waals surface area contributed by atoms with E-state index in [2.05, 4.69) is 16.4 Å². The summed E-state index contributed by atoms with van der Waals surface area (Å²) in [5, 5.41) is 12.9. The molecule has 1 heterocycles. The van der Waals surface area contributed by atoms with E-state index in [0.29, 0.717) is 0 Å². The lowest BCUT2D eigenvalue weighted by Gasteiger charge is -2.32. The minimum Gasteiger partial charge on any atom is -0.497 e. The Bertz CT molecular complexity index is 819. The van der Waals surface area contributed by atoms with Crippen LogP contribution in [0.1, 0.15) is 39.0 Å². The first-order valence-electron chi connectivity index (χ1n) is 9.14. The summed E-state index contributed by atoms with van der Waals surface area (Å²) < 4.78 is 7.13. The number of nitrogens with zero attached hydrogens (tertiary/aromatic N) is 3. The van der Waals surface area contributed by atoms with Gasteiger partial charge in [0.05, 0.1) is 18.4 Å². The van der Waals surface area contributed by atoms with Crippen molar-refractivity contribution < 1.29 is 9.53 Å². The minimum atomic E-state index is -0.713. The summed E-state index contributed by atoms with van der Waals surface area (Å²) >= 11 is 1.39. The molecule has 1 aliphatic carbocycles. The second-order valence-electron chi connectivity index (χ2n) is 6.78. The summed E-state index contributed by atoms with van der Waals surface area (Å²) in [7, 11) is 1.63. The molecule has 1 unspecified atom stereocenters. The van der Waals surface area contributed by atoms with Crippen LogP contribution in [0.2, 0.25) is 0 Å². The first-order chi connectivity index (χ1) is 13.1. The summed E-state index contributed by atoms with van der Waals surface area (Å²) in [5.41, 5.74) is 0.236. The predicted molar refractivity (Wildman–Crippen MR) is 105 cm³/mol. The van der Waals surface area contributed by atoms with Crippen LogP contribution in [0.15, 0.2) is 41.8 Å². The van der Waals surface area contributed by atoms with Crippen LogP contribution in [0.4, 0.5) is 0 Å². The van der Waals surface area contributed by atoms with Crippen molar-refractivity contribution in [2.45, 2.75) is 55.0 Å². The number of imidazole rings is 1. The van der Waals surface area contributed by atoms with Crippen LogP contribution in [0, 0.1) is 11.3 Å². The number of amides is 1. The molecule has 1 aliphatic rings. The molecule has 1 aromatic heterocycles. The predicted octanol–water partition coefficient (Wildman–Crippen LogP) is 3.70. The monoisotopic (exact) mass is 384 g/mol. The SMILES string of the molecule is COc1ccc(-n2ccnc2SC(C)C(=O)NC2(C#N)CCCCC2)cc1. The number of rotatable bonds is 6. The molecule has 1 amide bonds. The standard InChI is InChI=1S/C20H24N4O2S/c1-15(18(25)23-20(14-21)10-4-3-5-11-20)27-19-22-12-13-24(19)16-6-8-17(26-2)9-7-16/h6-9,12-13,15H,3-5,10-11H2,1-2H3,(H,23,25). The molecule has 0 radical (unpaired) electrons. The molecule has 1 fully saturated rings. The Hall–Kier alpha value is -2.46. The third-order valence-corrected chi connectivity index (χ3v) is 5.97. The molecule has 0 spiro atoms. The molecule has 1 saturated carbocycles. The Labute approximate surface area is 163 Å². The fourth-order valence-electron chi connectivity index (χ4n) is 3.29. The number of methoxy groups -OCH3 is 1. The second kappa shape index (κ2) is 8.49. The molecule has 1 N–H and O–H groups in total. The van der Waals surface area contributed by atoms with Crippen LogP contribution in [0.5, 0.6) is 5.75 Å².